The zero-order valence-corrected chi connectivity index (χ0v) is 15.7. The van der Waals surface area contributed by atoms with Crippen LogP contribution in [0.25, 0.3) is 0 Å². The van der Waals surface area contributed by atoms with Crippen LogP contribution in [0.1, 0.15) is 31.0 Å². The molecular weight excluding hydrogens is 354 g/mol. The SMILES string of the molecule is CCCCc1ccc(C#N)c(SC/C([O-])=N\c2c[n+](CCOC)no2)n1. The number of rotatable bonds is 10. The van der Waals surface area contributed by atoms with Crippen molar-refractivity contribution in [3.05, 3.63) is 29.6 Å². The first-order valence-corrected chi connectivity index (χ1v) is 9.27. The number of nitriles is 1. The third-order valence-corrected chi connectivity index (χ3v) is 4.39. The lowest BCUT2D eigenvalue weighted by atomic mass is 10.2. The Labute approximate surface area is 156 Å². The lowest BCUT2D eigenvalue weighted by Crippen LogP contribution is -2.36. The van der Waals surface area contributed by atoms with Crippen LogP contribution in [0.15, 0.2) is 32.9 Å². The number of unbranched alkanes of at least 4 members (excludes halogenated alkanes) is 1. The van der Waals surface area contributed by atoms with E-state index in [4.69, 9.17) is 9.26 Å². The maximum absolute atomic E-state index is 12.0. The molecule has 0 N–H and O–H groups in total. The molecule has 8 nitrogen and oxygen atoms in total. The van der Waals surface area contributed by atoms with E-state index in [1.54, 1.807) is 13.2 Å². The van der Waals surface area contributed by atoms with E-state index in [0.29, 0.717) is 23.7 Å². The van der Waals surface area contributed by atoms with Gasteiger partial charge in [-0.3, -0.25) is 4.52 Å². The Morgan fingerprint density at radius 3 is 3.08 bits per heavy atom. The molecule has 2 heterocycles. The summed E-state index contributed by atoms with van der Waals surface area (Å²) in [6, 6.07) is 5.71. The van der Waals surface area contributed by atoms with Crippen molar-refractivity contribution >= 4 is 23.5 Å². The van der Waals surface area contributed by atoms with E-state index in [1.807, 2.05) is 6.07 Å². The van der Waals surface area contributed by atoms with Gasteiger partial charge >= 0.3 is 5.88 Å². The van der Waals surface area contributed by atoms with E-state index in [-0.39, 0.29) is 17.5 Å². The summed E-state index contributed by atoms with van der Waals surface area (Å²) in [4.78, 5) is 8.36. The molecule has 0 saturated heterocycles. The second-order valence-electron chi connectivity index (χ2n) is 5.46. The second kappa shape index (κ2) is 10.5. The maximum Gasteiger partial charge on any atom is 0.320 e. The molecule has 0 unspecified atom stereocenters. The molecule has 138 valence electrons. The maximum atomic E-state index is 12.0. The fraction of sp³-hybridized carbons (Fsp3) is 0.471. The number of ether oxygens (including phenoxy) is 1. The fourth-order valence-corrected chi connectivity index (χ4v) is 2.84. The molecule has 0 fully saturated rings. The first kappa shape index (κ1) is 19.9. The zero-order valence-electron chi connectivity index (χ0n) is 14.8. The number of hydrogen-bond acceptors (Lipinski definition) is 8. The van der Waals surface area contributed by atoms with Crippen LogP contribution in [0.2, 0.25) is 0 Å². The van der Waals surface area contributed by atoms with E-state index in [1.165, 1.54) is 22.6 Å². The van der Waals surface area contributed by atoms with Gasteiger partial charge in [0.05, 0.1) is 5.56 Å². The molecule has 0 atom stereocenters. The van der Waals surface area contributed by atoms with Gasteiger partial charge in [-0.2, -0.15) is 5.26 Å². The summed E-state index contributed by atoms with van der Waals surface area (Å²) in [5.74, 6) is -0.177. The number of methoxy groups -OCH3 is 1. The second-order valence-corrected chi connectivity index (χ2v) is 6.43. The highest BCUT2D eigenvalue weighted by Gasteiger charge is 2.10. The highest BCUT2D eigenvalue weighted by atomic mass is 32.2. The van der Waals surface area contributed by atoms with Crippen molar-refractivity contribution in [1.29, 1.82) is 5.26 Å². The lowest BCUT2D eigenvalue weighted by Gasteiger charge is -2.10. The van der Waals surface area contributed by atoms with Crippen LogP contribution in [0, 0.1) is 11.3 Å². The number of pyridine rings is 1. The van der Waals surface area contributed by atoms with Crippen LogP contribution in [0.4, 0.5) is 5.88 Å². The normalized spacial score (nSPS) is 11.5. The van der Waals surface area contributed by atoms with Gasteiger partial charge in [-0.25, -0.2) is 9.98 Å². The summed E-state index contributed by atoms with van der Waals surface area (Å²) in [6.45, 7) is 3.11. The first-order valence-electron chi connectivity index (χ1n) is 8.29. The third kappa shape index (κ3) is 6.13. The Morgan fingerprint density at radius 1 is 1.50 bits per heavy atom. The highest BCUT2D eigenvalue weighted by Crippen LogP contribution is 2.21. The van der Waals surface area contributed by atoms with Gasteiger partial charge in [0.25, 0.3) is 6.20 Å². The van der Waals surface area contributed by atoms with Crippen LogP contribution in [-0.4, -0.2) is 35.6 Å². The molecule has 0 amide bonds. The lowest BCUT2D eigenvalue weighted by molar-refractivity contribution is -0.763. The van der Waals surface area contributed by atoms with Crippen LogP contribution in [-0.2, 0) is 17.7 Å². The fourth-order valence-electron chi connectivity index (χ4n) is 2.06. The van der Waals surface area contributed by atoms with Crippen LogP contribution >= 0.6 is 11.8 Å². The summed E-state index contributed by atoms with van der Waals surface area (Å²) >= 11 is 1.20. The predicted molar refractivity (Wildman–Crippen MR) is 94.0 cm³/mol. The van der Waals surface area contributed by atoms with Crippen molar-refractivity contribution in [3.63, 3.8) is 0 Å². The number of aromatic nitrogens is 3. The van der Waals surface area contributed by atoms with Crippen molar-refractivity contribution in [1.82, 2.24) is 10.3 Å². The molecule has 0 radical (unpaired) electrons. The highest BCUT2D eigenvalue weighted by molar-refractivity contribution is 7.99. The molecule has 2 aromatic rings. The van der Waals surface area contributed by atoms with Gasteiger partial charge in [0, 0.05) is 18.6 Å². The average molecular weight is 375 g/mol. The van der Waals surface area contributed by atoms with Gasteiger partial charge < -0.3 is 9.84 Å². The van der Waals surface area contributed by atoms with Crippen molar-refractivity contribution in [2.45, 2.75) is 37.8 Å². The van der Waals surface area contributed by atoms with Crippen molar-refractivity contribution in [2.24, 2.45) is 4.99 Å². The molecule has 2 aromatic heterocycles. The molecule has 0 aliphatic carbocycles. The minimum atomic E-state index is -0.380. The third-order valence-electron chi connectivity index (χ3n) is 3.42. The molecule has 0 aromatic carbocycles. The van der Waals surface area contributed by atoms with E-state index < -0.39 is 0 Å². The summed E-state index contributed by atoms with van der Waals surface area (Å²) in [5.41, 5.74) is 1.38. The number of aliphatic imine (C=N–C) groups is 1. The Morgan fingerprint density at radius 2 is 2.35 bits per heavy atom. The van der Waals surface area contributed by atoms with Gasteiger partial charge in [-0.05, 0) is 35.6 Å². The quantitative estimate of drug-likeness (QED) is 0.267. The molecule has 0 aliphatic heterocycles. The molecule has 2 rings (SSSR count). The van der Waals surface area contributed by atoms with Crippen molar-refractivity contribution in [3.8, 4) is 6.07 Å². The Bertz CT molecular complexity index is 785. The van der Waals surface area contributed by atoms with Gasteiger partial charge in [-0.15, -0.1) is 0 Å². The van der Waals surface area contributed by atoms with Gasteiger partial charge in [0.2, 0.25) is 11.8 Å². The smallest absolute Gasteiger partial charge is 0.320 e. The predicted octanol–water partition coefficient (Wildman–Crippen LogP) is 1.40. The summed E-state index contributed by atoms with van der Waals surface area (Å²) in [5, 5.41) is 25.6. The van der Waals surface area contributed by atoms with Crippen molar-refractivity contribution in [2.75, 3.05) is 19.5 Å². The summed E-state index contributed by atoms with van der Waals surface area (Å²) in [7, 11) is 1.59. The van der Waals surface area contributed by atoms with Crippen LogP contribution in [0.5, 0.6) is 0 Å². The van der Waals surface area contributed by atoms with Crippen LogP contribution < -0.4 is 9.79 Å². The number of hydrogen-bond donors (Lipinski definition) is 0. The van der Waals surface area contributed by atoms with E-state index in [2.05, 4.69) is 28.2 Å². The minimum absolute atomic E-state index is 0.0671. The average Bonchev–Trinajstić information content (AvgIpc) is 3.10. The van der Waals surface area contributed by atoms with Gasteiger partial charge in [-0.1, -0.05) is 25.1 Å². The Hall–Kier alpha value is -2.44. The molecule has 0 bridgehead atoms. The number of nitrogens with zero attached hydrogens (tertiary/aromatic N) is 5. The Kier molecular flexibility index (Phi) is 8.05. The summed E-state index contributed by atoms with van der Waals surface area (Å²) in [6.07, 6.45) is 4.49. The molecular formula is C17H21N5O3S. The minimum Gasteiger partial charge on any atom is -0.861 e. The molecule has 0 saturated carbocycles. The van der Waals surface area contributed by atoms with Gasteiger partial charge in [0.1, 0.15) is 17.7 Å². The molecule has 0 aliphatic rings. The first-order chi connectivity index (χ1) is 12.7. The number of aryl methyl sites for hydroxylation is 1. The largest absolute Gasteiger partial charge is 0.861 e. The number of thioether (sulfide) groups is 1. The van der Waals surface area contributed by atoms with Gasteiger partial charge in [0.15, 0.2) is 0 Å². The molecule has 0 spiro atoms. The monoisotopic (exact) mass is 375 g/mol. The molecule has 26 heavy (non-hydrogen) atoms. The van der Waals surface area contributed by atoms with E-state index >= 15 is 0 Å². The Balaban J connectivity index is 2.00. The summed E-state index contributed by atoms with van der Waals surface area (Å²) < 4.78 is 11.4. The standard InChI is InChI=1S/C17H21N5O3S/c1-3-4-5-14-7-6-13(10-18)17(19-14)26-12-15(23)20-16-11-22(21-25-16)8-9-24-2/h6-7,11H,3-5,8-9,12H2,1-2H3. The topological polar surface area (TPSA) is 111 Å². The van der Waals surface area contributed by atoms with E-state index in [9.17, 15) is 10.4 Å². The molecule has 9 heteroatoms. The zero-order chi connectivity index (χ0) is 18.8. The van der Waals surface area contributed by atoms with Crippen LogP contribution in [0.3, 0.4) is 0 Å². The van der Waals surface area contributed by atoms with Crippen molar-refractivity contribution < 1.29 is 19.0 Å². The van der Waals surface area contributed by atoms with E-state index in [0.717, 1.165) is 25.0 Å².